The van der Waals surface area contributed by atoms with E-state index in [-0.39, 0.29) is 19.4 Å². The van der Waals surface area contributed by atoms with Gasteiger partial charge in [-0.25, -0.2) is 13.6 Å². The van der Waals surface area contributed by atoms with Crippen molar-refractivity contribution < 1.29 is 23.5 Å². The summed E-state index contributed by atoms with van der Waals surface area (Å²) in [5.74, 6) is -4.06. The van der Waals surface area contributed by atoms with Gasteiger partial charge in [0, 0.05) is 13.0 Å². The number of likely N-dealkylation sites (tertiary alicyclic amines) is 1. The fourth-order valence-electron chi connectivity index (χ4n) is 1.40. The second-order valence-electron chi connectivity index (χ2n) is 3.43. The zero-order valence-corrected chi connectivity index (χ0v) is 8.00. The van der Waals surface area contributed by atoms with Crippen molar-refractivity contribution in [2.24, 2.45) is 0 Å². The molecule has 0 saturated carbocycles. The standard InChI is InChI=1S/C8H12F2N2O3/c9-8(10)2-1-3-12(5-8)7(15)11-4-6(13)14/h1-5H2,(H,11,15)(H,13,14). The SMILES string of the molecule is O=C(O)CNC(=O)N1CCCC(F)(F)C1. The maximum atomic E-state index is 12.9. The second kappa shape index (κ2) is 4.41. The van der Waals surface area contributed by atoms with E-state index in [2.05, 4.69) is 0 Å². The van der Waals surface area contributed by atoms with Crippen LogP contribution in [0.4, 0.5) is 13.6 Å². The topological polar surface area (TPSA) is 69.6 Å². The normalized spacial score (nSPS) is 19.7. The van der Waals surface area contributed by atoms with Crippen LogP contribution in [0.15, 0.2) is 0 Å². The number of nitrogens with one attached hydrogen (secondary N) is 1. The number of carbonyl (C=O) groups is 2. The van der Waals surface area contributed by atoms with Gasteiger partial charge in [-0.05, 0) is 6.42 Å². The largest absolute Gasteiger partial charge is 0.480 e. The Hall–Kier alpha value is -1.40. The number of hydrogen-bond acceptors (Lipinski definition) is 2. The monoisotopic (exact) mass is 222 g/mol. The molecule has 0 aliphatic carbocycles. The highest BCUT2D eigenvalue weighted by Gasteiger charge is 2.37. The molecule has 1 saturated heterocycles. The van der Waals surface area contributed by atoms with Gasteiger partial charge < -0.3 is 15.3 Å². The third-order valence-electron chi connectivity index (χ3n) is 2.07. The van der Waals surface area contributed by atoms with Gasteiger partial charge in [-0.2, -0.15) is 0 Å². The number of rotatable bonds is 2. The number of piperidine rings is 1. The summed E-state index contributed by atoms with van der Waals surface area (Å²) in [5, 5.41) is 10.3. The van der Waals surface area contributed by atoms with Crippen LogP contribution in [0.5, 0.6) is 0 Å². The molecule has 1 aliphatic rings. The minimum atomic E-state index is -2.86. The van der Waals surface area contributed by atoms with Gasteiger partial charge in [-0.15, -0.1) is 0 Å². The van der Waals surface area contributed by atoms with Gasteiger partial charge >= 0.3 is 12.0 Å². The summed E-state index contributed by atoms with van der Waals surface area (Å²) in [4.78, 5) is 22.3. The number of urea groups is 1. The number of carbonyl (C=O) groups excluding carboxylic acids is 1. The first kappa shape index (κ1) is 11.7. The molecule has 15 heavy (non-hydrogen) atoms. The molecule has 0 bridgehead atoms. The number of amides is 2. The molecule has 1 aliphatic heterocycles. The Labute approximate surface area is 85.0 Å². The van der Waals surface area contributed by atoms with Crippen molar-refractivity contribution in [1.29, 1.82) is 0 Å². The molecule has 1 rings (SSSR count). The van der Waals surface area contributed by atoms with Crippen LogP contribution in [0, 0.1) is 0 Å². The number of halogens is 2. The minimum absolute atomic E-state index is 0.226. The molecule has 1 heterocycles. The Morgan fingerprint density at radius 1 is 1.47 bits per heavy atom. The van der Waals surface area contributed by atoms with Crippen LogP contribution < -0.4 is 5.32 Å². The van der Waals surface area contributed by atoms with Crippen LogP contribution in [0.1, 0.15) is 12.8 Å². The summed E-state index contributed by atoms with van der Waals surface area (Å²) in [7, 11) is 0. The summed E-state index contributed by atoms with van der Waals surface area (Å²) in [6.07, 6.45) is 0.00318. The average Bonchev–Trinajstić information content (AvgIpc) is 2.12. The van der Waals surface area contributed by atoms with E-state index < -0.39 is 31.0 Å². The quantitative estimate of drug-likeness (QED) is 0.715. The summed E-state index contributed by atoms with van der Waals surface area (Å²) in [5.41, 5.74) is 0. The smallest absolute Gasteiger partial charge is 0.323 e. The predicted octanol–water partition coefficient (Wildman–Crippen LogP) is 0.512. The van der Waals surface area contributed by atoms with E-state index in [9.17, 15) is 18.4 Å². The zero-order chi connectivity index (χ0) is 11.5. The van der Waals surface area contributed by atoms with Gasteiger partial charge in [0.1, 0.15) is 6.54 Å². The highest BCUT2D eigenvalue weighted by atomic mass is 19.3. The molecule has 7 heteroatoms. The Balaban J connectivity index is 2.42. The molecular formula is C8H12F2N2O3. The summed E-state index contributed by atoms with van der Waals surface area (Å²) >= 11 is 0. The summed E-state index contributed by atoms with van der Waals surface area (Å²) < 4.78 is 25.8. The average molecular weight is 222 g/mol. The van der Waals surface area contributed by atoms with Gasteiger partial charge in [0.25, 0.3) is 5.92 Å². The molecule has 1 fully saturated rings. The number of hydrogen-bond donors (Lipinski definition) is 2. The molecule has 2 N–H and O–H groups in total. The lowest BCUT2D eigenvalue weighted by Crippen LogP contribution is -2.50. The highest BCUT2D eigenvalue weighted by Crippen LogP contribution is 2.26. The summed E-state index contributed by atoms with van der Waals surface area (Å²) in [6, 6.07) is -0.753. The Morgan fingerprint density at radius 3 is 2.67 bits per heavy atom. The molecular weight excluding hydrogens is 210 g/mol. The van der Waals surface area contributed by atoms with Gasteiger partial charge in [0.2, 0.25) is 0 Å². The number of nitrogens with zero attached hydrogens (tertiary/aromatic N) is 1. The molecule has 0 aromatic carbocycles. The van der Waals surface area contributed by atoms with Crippen molar-refractivity contribution in [3.8, 4) is 0 Å². The first-order valence-electron chi connectivity index (χ1n) is 4.53. The van der Waals surface area contributed by atoms with Crippen molar-refractivity contribution >= 4 is 12.0 Å². The maximum Gasteiger partial charge on any atom is 0.323 e. The Morgan fingerprint density at radius 2 is 2.13 bits per heavy atom. The molecule has 86 valence electrons. The van der Waals surface area contributed by atoms with Crippen LogP contribution in [0.25, 0.3) is 0 Å². The Kier molecular flexibility index (Phi) is 3.43. The molecule has 0 aromatic rings. The summed E-state index contributed by atoms with van der Waals surface area (Å²) in [6.45, 7) is -0.958. The van der Waals surface area contributed by atoms with Crippen LogP contribution in [-0.2, 0) is 4.79 Å². The lowest BCUT2D eigenvalue weighted by Gasteiger charge is -2.32. The van der Waals surface area contributed by atoms with E-state index in [1.807, 2.05) is 5.32 Å². The Bertz CT molecular complexity index is 271. The van der Waals surface area contributed by atoms with Crippen molar-refractivity contribution in [2.45, 2.75) is 18.8 Å². The third kappa shape index (κ3) is 3.69. The fourth-order valence-corrected chi connectivity index (χ4v) is 1.40. The van der Waals surface area contributed by atoms with Crippen molar-refractivity contribution in [3.05, 3.63) is 0 Å². The first-order chi connectivity index (χ1) is 6.91. The van der Waals surface area contributed by atoms with Gasteiger partial charge in [0.05, 0.1) is 6.54 Å². The molecule has 0 radical (unpaired) electrons. The maximum absolute atomic E-state index is 12.9. The molecule has 0 unspecified atom stereocenters. The number of carboxylic acids is 1. The van der Waals surface area contributed by atoms with Crippen LogP contribution in [0.2, 0.25) is 0 Å². The van der Waals surface area contributed by atoms with E-state index in [4.69, 9.17) is 5.11 Å². The lowest BCUT2D eigenvalue weighted by molar-refractivity contribution is -0.135. The van der Waals surface area contributed by atoms with Crippen LogP contribution in [0.3, 0.4) is 0 Å². The second-order valence-corrected chi connectivity index (χ2v) is 3.43. The molecule has 0 spiro atoms. The van der Waals surface area contributed by atoms with Crippen molar-refractivity contribution in [3.63, 3.8) is 0 Å². The van der Waals surface area contributed by atoms with Gasteiger partial charge in [-0.3, -0.25) is 4.79 Å². The fraction of sp³-hybridized carbons (Fsp3) is 0.750. The molecule has 0 atom stereocenters. The number of carboxylic acid groups (broad SMARTS) is 1. The third-order valence-corrected chi connectivity index (χ3v) is 2.07. The van der Waals surface area contributed by atoms with E-state index in [0.29, 0.717) is 0 Å². The number of alkyl halides is 2. The molecule has 0 aromatic heterocycles. The van der Waals surface area contributed by atoms with Crippen LogP contribution in [-0.4, -0.2) is 47.6 Å². The first-order valence-corrected chi connectivity index (χ1v) is 4.53. The zero-order valence-electron chi connectivity index (χ0n) is 8.00. The van der Waals surface area contributed by atoms with E-state index in [1.165, 1.54) is 0 Å². The molecule has 2 amide bonds. The van der Waals surface area contributed by atoms with E-state index in [1.54, 1.807) is 0 Å². The van der Waals surface area contributed by atoms with Gasteiger partial charge in [-0.1, -0.05) is 0 Å². The van der Waals surface area contributed by atoms with Gasteiger partial charge in [0.15, 0.2) is 0 Å². The molecule has 5 nitrogen and oxygen atoms in total. The van der Waals surface area contributed by atoms with Crippen molar-refractivity contribution in [1.82, 2.24) is 10.2 Å². The van der Waals surface area contributed by atoms with Crippen LogP contribution >= 0.6 is 0 Å². The highest BCUT2D eigenvalue weighted by molar-refractivity contribution is 5.80. The van der Waals surface area contributed by atoms with Crippen molar-refractivity contribution in [2.75, 3.05) is 19.6 Å². The number of aliphatic carboxylic acids is 1. The minimum Gasteiger partial charge on any atom is -0.480 e. The van der Waals surface area contributed by atoms with E-state index >= 15 is 0 Å². The predicted molar refractivity (Wildman–Crippen MR) is 46.8 cm³/mol. The lowest BCUT2D eigenvalue weighted by atomic mass is 10.1. The van der Waals surface area contributed by atoms with E-state index in [0.717, 1.165) is 4.90 Å².